The zero-order chi connectivity index (χ0) is 14.8. The number of aromatic nitrogens is 2. The summed E-state index contributed by atoms with van der Waals surface area (Å²) in [5, 5.41) is 8.30. The molecule has 0 aliphatic carbocycles. The van der Waals surface area contributed by atoms with E-state index in [1.165, 1.54) is 10.4 Å². The number of thiophene rings is 1. The summed E-state index contributed by atoms with van der Waals surface area (Å²) in [5.74, 6) is 1.85. The molecule has 5 heteroatoms. The number of hydrogen-bond donors (Lipinski definition) is 0. The normalized spacial score (nSPS) is 10.8. The van der Waals surface area contributed by atoms with Crippen LogP contribution in [0.5, 0.6) is 5.75 Å². The lowest BCUT2D eigenvalue weighted by Gasteiger charge is -1.99. The van der Waals surface area contributed by atoms with Gasteiger partial charge in [-0.05, 0) is 43.2 Å². The average molecular weight is 300 g/mol. The van der Waals surface area contributed by atoms with Crippen LogP contribution in [0.1, 0.15) is 17.4 Å². The minimum absolute atomic E-state index is 0.507. The first-order valence-corrected chi connectivity index (χ1v) is 7.60. The largest absolute Gasteiger partial charge is 0.497 e. The number of aryl methyl sites for hydroxylation is 2. The first kappa shape index (κ1) is 13.8. The number of methoxy groups -OCH3 is 1. The zero-order valence-electron chi connectivity index (χ0n) is 12.2. The fourth-order valence-corrected chi connectivity index (χ4v) is 3.21. The van der Waals surface area contributed by atoms with E-state index in [-0.39, 0.29) is 0 Å². The zero-order valence-corrected chi connectivity index (χ0v) is 13.0. The van der Waals surface area contributed by atoms with Crippen molar-refractivity contribution in [3.05, 3.63) is 40.8 Å². The van der Waals surface area contributed by atoms with Crippen LogP contribution in [0.25, 0.3) is 22.2 Å². The molecule has 0 fully saturated rings. The lowest BCUT2D eigenvalue weighted by Crippen LogP contribution is -1.83. The van der Waals surface area contributed by atoms with Crippen LogP contribution in [-0.4, -0.2) is 17.3 Å². The third-order valence-electron chi connectivity index (χ3n) is 3.29. The van der Waals surface area contributed by atoms with Gasteiger partial charge in [0.1, 0.15) is 5.75 Å². The molecule has 0 aliphatic rings. The quantitative estimate of drug-likeness (QED) is 0.719. The van der Waals surface area contributed by atoms with Crippen molar-refractivity contribution < 1.29 is 9.15 Å². The summed E-state index contributed by atoms with van der Waals surface area (Å²) < 4.78 is 11.0. The van der Waals surface area contributed by atoms with Crippen LogP contribution in [-0.2, 0) is 6.42 Å². The number of nitrogens with zero attached hydrogens (tertiary/aromatic N) is 2. The average Bonchev–Trinajstić information content (AvgIpc) is 3.13. The molecular formula is C16H16N2O2S. The summed E-state index contributed by atoms with van der Waals surface area (Å²) in [5.41, 5.74) is 2.13. The van der Waals surface area contributed by atoms with E-state index in [9.17, 15) is 0 Å². The SMILES string of the molecule is CCc1sc(-c2nnc(-c3cccc(OC)c3)o2)cc1C. The molecule has 2 heterocycles. The molecule has 1 aromatic carbocycles. The van der Waals surface area contributed by atoms with Crippen LogP contribution in [0.15, 0.2) is 34.7 Å². The Kier molecular flexibility index (Phi) is 3.75. The van der Waals surface area contributed by atoms with Gasteiger partial charge in [0.15, 0.2) is 0 Å². The summed E-state index contributed by atoms with van der Waals surface area (Å²) in [7, 11) is 1.64. The van der Waals surface area contributed by atoms with E-state index in [2.05, 4.69) is 30.1 Å². The second-order valence-electron chi connectivity index (χ2n) is 4.71. The number of rotatable bonds is 4. The molecule has 4 nitrogen and oxygen atoms in total. The highest BCUT2D eigenvalue weighted by Gasteiger charge is 2.14. The third kappa shape index (κ3) is 2.69. The summed E-state index contributed by atoms with van der Waals surface area (Å²) >= 11 is 1.71. The maximum absolute atomic E-state index is 5.80. The summed E-state index contributed by atoms with van der Waals surface area (Å²) in [6.07, 6.45) is 1.02. The molecule has 0 unspecified atom stereocenters. The van der Waals surface area contributed by atoms with Gasteiger partial charge in [-0.25, -0.2) is 0 Å². The third-order valence-corrected chi connectivity index (χ3v) is 4.66. The highest BCUT2D eigenvalue weighted by molar-refractivity contribution is 7.15. The van der Waals surface area contributed by atoms with Gasteiger partial charge < -0.3 is 9.15 Å². The molecule has 0 radical (unpaired) electrons. The Morgan fingerprint density at radius 1 is 1.19 bits per heavy atom. The second-order valence-corrected chi connectivity index (χ2v) is 5.85. The maximum atomic E-state index is 5.80. The Labute approximate surface area is 127 Å². The molecule has 3 aromatic rings. The molecule has 108 valence electrons. The summed E-state index contributed by atoms with van der Waals surface area (Å²) in [6.45, 7) is 4.26. The van der Waals surface area contributed by atoms with Gasteiger partial charge >= 0.3 is 0 Å². The molecule has 0 aliphatic heterocycles. The predicted molar refractivity (Wildman–Crippen MR) is 83.7 cm³/mol. The molecule has 0 saturated heterocycles. The Bertz CT molecular complexity index is 761. The number of benzene rings is 1. The summed E-state index contributed by atoms with van der Waals surface area (Å²) in [4.78, 5) is 2.37. The molecule has 0 atom stereocenters. The lowest BCUT2D eigenvalue weighted by atomic mass is 10.2. The van der Waals surface area contributed by atoms with Gasteiger partial charge in [0.2, 0.25) is 5.89 Å². The van der Waals surface area contributed by atoms with Crippen molar-refractivity contribution in [2.75, 3.05) is 7.11 Å². The van der Waals surface area contributed by atoms with Crippen LogP contribution >= 0.6 is 11.3 Å². The maximum Gasteiger partial charge on any atom is 0.258 e. The van der Waals surface area contributed by atoms with Crippen molar-refractivity contribution in [2.24, 2.45) is 0 Å². The number of ether oxygens (including phenoxy) is 1. The molecule has 0 N–H and O–H groups in total. The molecule has 0 amide bonds. The monoisotopic (exact) mass is 300 g/mol. The van der Waals surface area contributed by atoms with E-state index in [1.807, 2.05) is 24.3 Å². The van der Waals surface area contributed by atoms with Gasteiger partial charge in [-0.3, -0.25) is 0 Å². The Hall–Kier alpha value is -2.14. The highest BCUT2D eigenvalue weighted by atomic mass is 32.1. The molecular weight excluding hydrogens is 284 g/mol. The van der Waals surface area contributed by atoms with Crippen molar-refractivity contribution in [2.45, 2.75) is 20.3 Å². The predicted octanol–water partition coefficient (Wildman–Crippen LogP) is 4.34. The van der Waals surface area contributed by atoms with Crippen LogP contribution < -0.4 is 4.74 Å². The Morgan fingerprint density at radius 3 is 2.71 bits per heavy atom. The van der Waals surface area contributed by atoms with E-state index in [0.717, 1.165) is 22.6 Å². The molecule has 0 saturated carbocycles. The van der Waals surface area contributed by atoms with Gasteiger partial charge in [-0.2, -0.15) is 0 Å². The topological polar surface area (TPSA) is 48.2 Å². The van der Waals surface area contributed by atoms with Gasteiger partial charge in [-0.1, -0.05) is 13.0 Å². The fraction of sp³-hybridized carbons (Fsp3) is 0.250. The van der Waals surface area contributed by atoms with Crippen molar-refractivity contribution >= 4 is 11.3 Å². The Balaban J connectivity index is 1.95. The molecule has 21 heavy (non-hydrogen) atoms. The van der Waals surface area contributed by atoms with Gasteiger partial charge in [0, 0.05) is 10.4 Å². The van der Waals surface area contributed by atoms with Crippen molar-refractivity contribution in [1.29, 1.82) is 0 Å². The molecule has 0 bridgehead atoms. The van der Waals surface area contributed by atoms with E-state index in [4.69, 9.17) is 9.15 Å². The molecule has 3 rings (SSSR count). The Morgan fingerprint density at radius 2 is 2.00 bits per heavy atom. The molecule has 0 spiro atoms. The lowest BCUT2D eigenvalue weighted by molar-refractivity contribution is 0.415. The van der Waals surface area contributed by atoms with E-state index < -0.39 is 0 Å². The highest BCUT2D eigenvalue weighted by Crippen LogP contribution is 2.32. The minimum atomic E-state index is 0.507. The van der Waals surface area contributed by atoms with Crippen molar-refractivity contribution in [3.63, 3.8) is 0 Å². The van der Waals surface area contributed by atoms with Crippen LogP contribution in [0.3, 0.4) is 0 Å². The second kappa shape index (κ2) is 5.69. The fourth-order valence-electron chi connectivity index (χ4n) is 2.17. The first-order valence-electron chi connectivity index (χ1n) is 6.79. The van der Waals surface area contributed by atoms with Crippen LogP contribution in [0.4, 0.5) is 0 Å². The van der Waals surface area contributed by atoms with E-state index in [0.29, 0.717) is 11.8 Å². The van der Waals surface area contributed by atoms with Gasteiger partial charge in [0.25, 0.3) is 5.89 Å². The van der Waals surface area contributed by atoms with Crippen LogP contribution in [0.2, 0.25) is 0 Å². The van der Waals surface area contributed by atoms with Gasteiger partial charge in [0.05, 0.1) is 12.0 Å². The van der Waals surface area contributed by atoms with Crippen LogP contribution in [0, 0.1) is 6.92 Å². The van der Waals surface area contributed by atoms with Gasteiger partial charge in [-0.15, -0.1) is 21.5 Å². The summed E-state index contributed by atoms with van der Waals surface area (Å²) in [6, 6.07) is 9.71. The minimum Gasteiger partial charge on any atom is -0.497 e. The van der Waals surface area contributed by atoms with E-state index in [1.54, 1.807) is 18.4 Å². The van der Waals surface area contributed by atoms with Crippen molar-refractivity contribution in [3.8, 4) is 28.0 Å². The smallest absolute Gasteiger partial charge is 0.258 e. The first-order chi connectivity index (χ1) is 10.2. The number of hydrogen-bond acceptors (Lipinski definition) is 5. The molecule has 2 aromatic heterocycles. The van der Waals surface area contributed by atoms with E-state index >= 15 is 0 Å². The van der Waals surface area contributed by atoms with Crippen molar-refractivity contribution in [1.82, 2.24) is 10.2 Å². The standard InChI is InChI=1S/C16H16N2O2S/c1-4-13-10(2)8-14(21-13)16-18-17-15(20-16)11-6-5-7-12(9-11)19-3/h5-9H,4H2,1-3H3.